The van der Waals surface area contributed by atoms with Crippen molar-refractivity contribution in [1.82, 2.24) is 5.32 Å². The normalized spacial score (nSPS) is 9.91. The van der Waals surface area contributed by atoms with Gasteiger partial charge in [-0.05, 0) is 58.5 Å². The minimum absolute atomic E-state index is 0.109. The molecule has 0 fully saturated rings. The lowest BCUT2D eigenvalue weighted by Crippen LogP contribution is -2.34. The highest BCUT2D eigenvalue weighted by atomic mass is 79.9. The zero-order valence-electron chi connectivity index (χ0n) is 11.6. The first-order valence-corrected chi connectivity index (χ1v) is 7.44. The van der Waals surface area contributed by atoms with Crippen LogP contribution in [0, 0.1) is 0 Å². The first kappa shape index (κ1) is 16.3. The van der Waals surface area contributed by atoms with E-state index in [9.17, 15) is 9.90 Å². The number of amides is 1. The Hall–Kier alpha value is -2.12. The number of hydrogen-bond acceptors (Lipinski definition) is 4. The maximum absolute atomic E-state index is 12.1. The number of aromatic hydroxyl groups is 1. The molecule has 2 aromatic carbocycles. The van der Waals surface area contributed by atoms with Crippen LogP contribution in [-0.4, -0.2) is 23.2 Å². The summed E-state index contributed by atoms with van der Waals surface area (Å²) in [5, 5.41) is 14.9. The van der Waals surface area contributed by atoms with Crippen LogP contribution < -0.4 is 15.4 Å². The van der Waals surface area contributed by atoms with Gasteiger partial charge in [-0.25, -0.2) is 0 Å². The number of phenolic OH excluding ortho intramolecular Hbond substituents is 1. The molecule has 0 radical (unpaired) electrons. The first-order valence-electron chi connectivity index (χ1n) is 6.24. The second kappa shape index (κ2) is 7.24. The topological polar surface area (TPSA) is 70.6 Å². The summed E-state index contributed by atoms with van der Waals surface area (Å²) in [6.07, 6.45) is 0. The molecule has 0 spiro atoms. The monoisotopic (exact) mass is 380 g/mol. The Kier molecular flexibility index (Phi) is 5.35. The molecule has 7 heteroatoms. The van der Waals surface area contributed by atoms with Gasteiger partial charge < -0.3 is 15.2 Å². The number of carbonyl (C=O) groups is 1. The van der Waals surface area contributed by atoms with E-state index in [2.05, 4.69) is 26.6 Å². The number of anilines is 1. The third-order valence-electron chi connectivity index (χ3n) is 2.75. The summed E-state index contributed by atoms with van der Waals surface area (Å²) in [7, 11) is 1.55. The molecule has 0 atom stereocenters. The van der Waals surface area contributed by atoms with Crippen molar-refractivity contribution in [3.05, 3.63) is 52.5 Å². The molecule has 2 aromatic rings. The van der Waals surface area contributed by atoms with Gasteiger partial charge in [0, 0.05) is 17.3 Å². The van der Waals surface area contributed by atoms with Crippen molar-refractivity contribution in [1.29, 1.82) is 0 Å². The van der Waals surface area contributed by atoms with Gasteiger partial charge in [0.05, 0.1) is 11.6 Å². The minimum Gasteiger partial charge on any atom is -0.508 e. The summed E-state index contributed by atoms with van der Waals surface area (Å²) in [6, 6.07) is 11.4. The fourth-order valence-corrected chi connectivity index (χ4v) is 2.48. The van der Waals surface area contributed by atoms with Gasteiger partial charge in [0.1, 0.15) is 11.5 Å². The smallest absolute Gasteiger partial charge is 0.257 e. The molecule has 0 unspecified atom stereocenters. The number of thiocarbonyl (C=S) groups is 1. The molecule has 0 aromatic heterocycles. The Morgan fingerprint density at radius 3 is 2.68 bits per heavy atom. The molecular weight excluding hydrogens is 368 g/mol. The summed E-state index contributed by atoms with van der Waals surface area (Å²) in [4.78, 5) is 12.1. The molecule has 5 nitrogen and oxygen atoms in total. The molecule has 0 aliphatic heterocycles. The molecule has 1 amide bonds. The summed E-state index contributed by atoms with van der Waals surface area (Å²) in [5.74, 6) is 0.399. The predicted molar refractivity (Wildman–Crippen MR) is 92.5 cm³/mol. The largest absolute Gasteiger partial charge is 0.508 e. The van der Waals surface area contributed by atoms with Crippen LogP contribution in [0.25, 0.3) is 0 Å². The van der Waals surface area contributed by atoms with Gasteiger partial charge in [-0.3, -0.25) is 10.1 Å². The number of rotatable bonds is 3. The van der Waals surface area contributed by atoms with Crippen LogP contribution >= 0.6 is 28.1 Å². The van der Waals surface area contributed by atoms with E-state index in [-0.39, 0.29) is 16.8 Å². The molecule has 0 heterocycles. The number of hydrogen-bond donors (Lipinski definition) is 3. The molecule has 0 aliphatic carbocycles. The van der Waals surface area contributed by atoms with E-state index in [0.29, 0.717) is 21.5 Å². The van der Waals surface area contributed by atoms with Crippen molar-refractivity contribution in [2.45, 2.75) is 0 Å². The highest BCUT2D eigenvalue weighted by Gasteiger charge is 2.10. The lowest BCUT2D eigenvalue weighted by atomic mass is 10.2. The van der Waals surface area contributed by atoms with Crippen molar-refractivity contribution in [2.24, 2.45) is 0 Å². The summed E-state index contributed by atoms with van der Waals surface area (Å²) in [5.41, 5.74) is 1.02. The molecule has 0 saturated heterocycles. The first-order chi connectivity index (χ1) is 10.5. The van der Waals surface area contributed by atoms with Crippen LogP contribution in [0.4, 0.5) is 5.69 Å². The van der Waals surface area contributed by atoms with Gasteiger partial charge in [0.15, 0.2) is 5.11 Å². The fraction of sp³-hybridized carbons (Fsp3) is 0.0667. The number of phenols is 1. The van der Waals surface area contributed by atoms with E-state index in [1.54, 1.807) is 43.5 Å². The van der Waals surface area contributed by atoms with Gasteiger partial charge in [-0.1, -0.05) is 6.07 Å². The highest BCUT2D eigenvalue weighted by Crippen LogP contribution is 2.25. The van der Waals surface area contributed by atoms with Crippen molar-refractivity contribution in [2.75, 3.05) is 12.4 Å². The van der Waals surface area contributed by atoms with Gasteiger partial charge >= 0.3 is 0 Å². The fourth-order valence-electron chi connectivity index (χ4n) is 1.73. The maximum Gasteiger partial charge on any atom is 0.257 e. The number of ether oxygens (including phenoxy) is 1. The van der Waals surface area contributed by atoms with Gasteiger partial charge in [-0.15, -0.1) is 0 Å². The Balaban J connectivity index is 2.02. The van der Waals surface area contributed by atoms with E-state index >= 15 is 0 Å². The molecular formula is C15H13BrN2O3S. The lowest BCUT2D eigenvalue weighted by Gasteiger charge is -2.10. The summed E-state index contributed by atoms with van der Waals surface area (Å²) in [6.45, 7) is 0. The lowest BCUT2D eigenvalue weighted by molar-refractivity contribution is 0.0977. The Morgan fingerprint density at radius 2 is 2.05 bits per heavy atom. The number of halogens is 1. The predicted octanol–water partition coefficient (Wildman–Crippen LogP) is 3.29. The quantitative estimate of drug-likeness (QED) is 0.712. The van der Waals surface area contributed by atoms with Crippen molar-refractivity contribution in [3.63, 3.8) is 0 Å². The molecule has 0 saturated carbocycles. The Bertz CT molecular complexity index is 722. The third-order valence-corrected chi connectivity index (χ3v) is 3.57. The van der Waals surface area contributed by atoms with Gasteiger partial charge in [-0.2, -0.15) is 0 Å². The molecule has 114 valence electrons. The van der Waals surface area contributed by atoms with E-state index in [1.807, 2.05) is 0 Å². The third kappa shape index (κ3) is 4.19. The van der Waals surface area contributed by atoms with Crippen molar-refractivity contribution in [3.8, 4) is 11.5 Å². The number of methoxy groups -OCH3 is 1. The standard InChI is InChI=1S/C15H13BrN2O3S/c1-21-13-6-5-9(7-12(13)16)14(20)18-15(22)17-10-3-2-4-11(19)8-10/h2-8,19H,1H3,(H2,17,18,20,22). The molecule has 0 bridgehead atoms. The molecule has 22 heavy (non-hydrogen) atoms. The maximum atomic E-state index is 12.1. The highest BCUT2D eigenvalue weighted by molar-refractivity contribution is 9.10. The average molecular weight is 381 g/mol. The van der Waals surface area contributed by atoms with E-state index in [0.717, 1.165) is 0 Å². The van der Waals surface area contributed by atoms with Crippen LogP contribution in [0.2, 0.25) is 0 Å². The van der Waals surface area contributed by atoms with Crippen LogP contribution in [0.5, 0.6) is 11.5 Å². The van der Waals surface area contributed by atoms with E-state index in [1.165, 1.54) is 6.07 Å². The molecule has 2 rings (SSSR count). The Morgan fingerprint density at radius 1 is 1.27 bits per heavy atom. The van der Waals surface area contributed by atoms with Gasteiger partial charge in [0.25, 0.3) is 5.91 Å². The molecule has 3 N–H and O–H groups in total. The zero-order chi connectivity index (χ0) is 16.1. The minimum atomic E-state index is -0.346. The number of nitrogens with one attached hydrogen (secondary N) is 2. The molecule has 0 aliphatic rings. The number of benzene rings is 2. The van der Waals surface area contributed by atoms with E-state index < -0.39 is 0 Å². The second-order valence-corrected chi connectivity index (χ2v) is 5.57. The summed E-state index contributed by atoms with van der Waals surface area (Å²) >= 11 is 8.40. The average Bonchev–Trinajstić information content (AvgIpc) is 2.46. The van der Waals surface area contributed by atoms with E-state index in [4.69, 9.17) is 17.0 Å². The second-order valence-electron chi connectivity index (χ2n) is 4.31. The van der Waals surface area contributed by atoms with Gasteiger partial charge in [0.2, 0.25) is 0 Å². The van der Waals surface area contributed by atoms with Crippen LogP contribution in [0.3, 0.4) is 0 Å². The summed E-state index contributed by atoms with van der Waals surface area (Å²) < 4.78 is 5.79. The van der Waals surface area contributed by atoms with Crippen molar-refractivity contribution < 1.29 is 14.6 Å². The van der Waals surface area contributed by atoms with Crippen molar-refractivity contribution >= 4 is 44.9 Å². The van der Waals surface area contributed by atoms with Crippen LogP contribution in [-0.2, 0) is 0 Å². The SMILES string of the molecule is COc1ccc(C(=O)NC(=S)Nc2cccc(O)c2)cc1Br. The Labute approximate surface area is 141 Å². The van der Waals surface area contributed by atoms with Crippen LogP contribution in [0.15, 0.2) is 46.9 Å². The zero-order valence-corrected chi connectivity index (χ0v) is 14.0. The number of carbonyl (C=O) groups excluding carboxylic acids is 1. The van der Waals surface area contributed by atoms with Crippen LogP contribution in [0.1, 0.15) is 10.4 Å².